The highest BCUT2D eigenvalue weighted by molar-refractivity contribution is 7.89. The first-order valence-corrected chi connectivity index (χ1v) is 7.98. The number of nitrogens with zero attached hydrogens (tertiary/aromatic N) is 2. The molecule has 1 saturated carbocycles. The zero-order valence-electron chi connectivity index (χ0n) is 10.9. The number of hydrogen-bond acceptors (Lipinski definition) is 4. The van der Waals surface area contributed by atoms with Crippen molar-refractivity contribution in [2.45, 2.75) is 50.7 Å². The Kier molecular flexibility index (Phi) is 5.87. The first kappa shape index (κ1) is 15.2. The lowest BCUT2D eigenvalue weighted by Crippen LogP contribution is -2.44. The molecule has 0 radical (unpaired) electrons. The van der Waals surface area contributed by atoms with Gasteiger partial charge < -0.3 is 10.9 Å². The van der Waals surface area contributed by atoms with Crippen LogP contribution in [0.2, 0.25) is 0 Å². The van der Waals surface area contributed by atoms with E-state index in [1.165, 1.54) is 4.31 Å². The molecule has 0 aromatic carbocycles. The Morgan fingerprint density at radius 1 is 1.39 bits per heavy atom. The summed E-state index contributed by atoms with van der Waals surface area (Å²) in [5.41, 5.74) is 5.42. The van der Waals surface area contributed by atoms with Crippen LogP contribution >= 0.6 is 0 Å². The smallest absolute Gasteiger partial charge is 0.217 e. The summed E-state index contributed by atoms with van der Waals surface area (Å²) in [6.45, 7) is 2.30. The first-order chi connectivity index (χ1) is 8.52. The van der Waals surface area contributed by atoms with Gasteiger partial charge in [0.1, 0.15) is 0 Å². The van der Waals surface area contributed by atoms with Crippen LogP contribution in [-0.2, 0) is 10.0 Å². The third-order valence-corrected chi connectivity index (χ3v) is 5.62. The van der Waals surface area contributed by atoms with Crippen LogP contribution in [0.1, 0.15) is 45.4 Å². The summed E-state index contributed by atoms with van der Waals surface area (Å²) >= 11 is 0. The minimum Gasteiger partial charge on any atom is -0.409 e. The summed E-state index contributed by atoms with van der Waals surface area (Å²) in [4.78, 5) is 0. The van der Waals surface area contributed by atoms with Crippen molar-refractivity contribution in [1.29, 1.82) is 0 Å². The molecular weight excluding hydrogens is 254 g/mol. The number of amidine groups is 1. The molecule has 0 aliphatic heterocycles. The van der Waals surface area contributed by atoms with Gasteiger partial charge in [-0.2, -0.15) is 4.31 Å². The molecule has 0 unspecified atom stereocenters. The molecular formula is C11H23N3O3S. The van der Waals surface area contributed by atoms with E-state index in [9.17, 15) is 8.42 Å². The van der Waals surface area contributed by atoms with E-state index >= 15 is 0 Å². The summed E-state index contributed by atoms with van der Waals surface area (Å²) in [5, 5.41) is 11.1. The molecule has 1 aliphatic carbocycles. The lowest BCUT2D eigenvalue weighted by Gasteiger charge is -2.29. The molecule has 18 heavy (non-hydrogen) atoms. The van der Waals surface area contributed by atoms with Crippen LogP contribution in [0.4, 0.5) is 0 Å². The van der Waals surface area contributed by atoms with Crippen LogP contribution in [0.5, 0.6) is 0 Å². The van der Waals surface area contributed by atoms with Gasteiger partial charge in [0, 0.05) is 6.54 Å². The van der Waals surface area contributed by atoms with Crippen molar-refractivity contribution < 1.29 is 13.6 Å². The van der Waals surface area contributed by atoms with E-state index in [1.807, 2.05) is 6.92 Å². The standard InChI is InChI=1S/C11H23N3O3S/c1-2-8-14(9-11(12)13-15)18(16,17)10-6-4-3-5-7-10/h10,15H,2-9H2,1H3,(H2,12,13). The maximum absolute atomic E-state index is 12.5. The fourth-order valence-corrected chi connectivity index (χ4v) is 4.43. The van der Waals surface area contributed by atoms with Gasteiger partial charge in [0.15, 0.2) is 5.84 Å². The maximum atomic E-state index is 12.5. The van der Waals surface area contributed by atoms with E-state index in [0.717, 1.165) is 32.1 Å². The zero-order chi connectivity index (χ0) is 13.6. The highest BCUT2D eigenvalue weighted by atomic mass is 32.2. The third kappa shape index (κ3) is 3.84. The number of rotatable bonds is 6. The van der Waals surface area contributed by atoms with Crippen molar-refractivity contribution in [3.05, 3.63) is 0 Å². The molecule has 6 nitrogen and oxygen atoms in total. The largest absolute Gasteiger partial charge is 0.409 e. The van der Waals surface area contributed by atoms with Gasteiger partial charge in [-0.15, -0.1) is 0 Å². The van der Waals surface area contributed by atoms with E-state index < -0.39 is 10.0 Å². The Hall–Kier alpha value is -0.820. The van der Waals surface area contributed by atoms with Gasteiger partial charge in [-0.05, 0) is 19.3 Å². The molecule has 0 spiro atoms. The normalized spacial score (nSPS) is 19.3. The number of oxime groups is 1. The van der Waals surface area contributed by atoms with Gasteiger partial charge in [0.05, 0.1) is 11.8 Å². The van der Waals surface area contributed by atoms with Gasteiger partial charge in [-0.25, -0.2) is 8.42 Å². The second-order valence-electron chi connectivity index (χ2n) is 4.73. The Morgan fingerprint density at radius 2 is 2.00 bits per heavy atom. The van der Waals surface area contributed by atoms with Crippen molar-refractivity contribution in [2.75, 3.05) is 13.1 Å². The van der Waals surface area contributed by atoms with Gasteiger partial charge >= 0.3 is 0 Å². The molecule has 1 fully saturated rings. The quantitative estimate of drug-likeness (QED) is 0.329. The van der Waals surface area contributed by atoms with E-state index in [-0.39, 0.29) is 17.6 Å². The number of nitrogens with two attached hydrogens (primary N) is 1. The Morgan fingerprint density at radius 3 is 2.50 bits per heavy atom. The summed E-state index contributed by atoms with van der Waals surface area (Å²) < 4.78 is 26.3. The highest BCUT2D eigenvalue weighted by Crippen LogP contribution is 2.26. The van der Waals surface area contributed by atoms with Crippen molar-refractivity contribution in [1.82, 2.24) is 4.31 Å². The lowest BCUT2D eigenvalue weighted by molar-refractivity contribution is 0.314. The molecule has 1 rings (SSSR count). The number of sulfonamides is 1. The fraction of sp³-hybridized carbons (Fsp3) is 0.909. The summed E-state index contributed by atoms with van der Waals surface area (Å²) in [6.07, 6.45) is 5.20. The maximum Gasteiger partial charge on any atom is 0.217 e. The highest BCUT2D eigenvalue weighted by Gasteiger charge is 2.32. The molecule has 0 bridgehead atoms. The molecule has 0 aromatic rings. The van der Waals surface area contributed by atoms with Crippen molar-refractivity contribution in [3.63, 3.8) is 0 Å². The molecule has 0 saturated heterocycles. The molecule has 0 amide bonds. The summed E-state index contributed by atoms with van der Waals surface area (Å²) in [5.74, 6) is -0.0668. The third-order valence-electron chi connectivity index (χ3n) is 3.27. The Balaban J connectivity index is 2.81. The van der Waals surface area contributed by atoms with Crippen LogP contribution in [0, 0.1) is 0 Å². The van der Waals surface area contributed by atoms with Crippen LogP contribution < -0.4 is 5.73 Å². The summed E-state index contributed by atoms with van der Waals surface area (Å²) in [6, 6.07) is 0. The van der Waals surface area contributed by atoms with E-state index in [2.05, 4.69) is 5.16 Å². The van der Waals surface area contributed by atoms with Crippen molar-refractivity contribution >= 4 is 15.9 Å². The average molecular weight is 277 g/mol. The SMILES string of the molecule is CCCN(CC(N)=NO)S(=O)(=O)C1CCCCC1. The van der Waals surface area contributed by atoms with Crippen LogP contribution in [0.25, 0.3) is 0 Å². The molecule has 106 valence electrons. The van der Waals surface area contributed by atoms with Crippen LogP contribution in [0.15, 0.2) is 5.16 Å². The van der Waals surface area contributed by atoms with E-state index in [1.54, 1.807) is 0 Å². The first-order valence-electron chi connectivity index (χ1n) is 6.47. The monoisotopic (exact) mass is 277 g/mol. The molecule has 3 N–H and O–H groups in total. The van der Waals surface area contributed by atoms with Gasteiger partial charge in [-0.1, -0.05) is 31.3 Å². The fourth-order valence-electron chi connectivity index (χ4n) is 2.33. The zero-order valence-corrected chi connectivity index (χ0v) is 11.7. The Labute approximate surface area is 109 Å². The average Bonchev–Trinajstić information content (AvgIpc) is 2.39. The lowest BCUT2D eigenvalue weighted by atomic mass is 10.0. The van der Waals surface area contributed by atoms with E-state index in [0.29, 0.717) is 13.0 Å². The topological polar surface area (TPSA) is 96.0 Å². The Bertz CT molecular complexity index is 375. The van der Waals surface area contributed by atoms with Gasteiger partial charge in [0.2, 0.25) is 10.0 Å². The van der Waals surface area contributed by atoms with Gasteiger partial charge in [0.25, 0.3) is 0 Å². The molecule has 0 atom stereocenters. The minimum atomic E-state index is -3.33. The molecule has 7 heteroatoms. The second-order valence-corrected chi connectivity index (χ2v) is 6.94. The predicted octanol–water partition coefficient (Wildman–Crippen LogP) is 1.11. The second kappa shape index (κ2) is 6.94. The van der Waals surface area contributed by atoms with E-state index in [4.69, 9.17) is 10.9 Å². The summed E-state index contributed by atoms with van der Waals surface area (Å²) in [7, 11) is -3.33. The van der Waals surface area contributed by atoms with Crippen molar-refractivity contribution in [2.24, 2.45) is 10.9 Å². The van der Waals surface area contributed by atoms with Crippen LogP contribution in [-0.4, -0.2) is 42.1 Å². The molecule has 0 heterocycles. The van der Waals surface area contributed by atoms with Crippen molar-refractivity contribution in [3.8, 4) is 0 Å². The minimum absolute atomic E-state index is 0.0246. The van der Waals surface area contributed by atoms with Crippen LogP contribution in [0.3, 0.4) is 0 Å². The predicted molar refractivity (Wildman–Crippen MR) is 71.1 cm³/mol. The van der Waals surface area contributed by atoms with Gasteiger partial charge in [-0.3, -0.25) is 0 Å². The molecule has 0 aromatic heterocycles. The number of hydrogen-bond donors (Lipinski definition) is 2. The molecule has 1 aliphatic rings.